The molecule has 2 rings (SSSR count). The minimum atomic E-state index is -3.85. The van der Waals surface area contributed by atoms with Crippen LogP contribution in [0.2, 0.25) is 0 Å². The molecule has 4 nitrogen and oxygen atoms in total. The van der Waals surface area contributed by atoms with Gasteiger partial charge in [-0.1, -0.05) is 0 Å². The van der Waals surface area contributed by atoms with Crippen LogP contribution >= 0.6 is 27.3 Å². The van der Waals surface area contributed by atoms with E-state index in [1.54, 1.807) is 12.3 Å². The van der Waals surface area contributed by atoms with Crippen LogP contribution in [-0.2, 0) is 16.6 Å². The zero-order chi connectivity index (χ0) is 14.9. The summed E-state index contributed by atoms with van der Waals surface area (Å²) in [6.45, 7) is 1.31. The molecule has 1 heterocycles. The van der Waals surface area contributed by atoms with Crippen LogP contribution in [-0.4, -0.2) is 13.5 Å². The summed E-state index contributed by atoms with van der Waals surface area (Å²) in [5.74, 6) is -0.555. The summed E-state index contributed by atoms with van der Waals surface area (Å²) in [4.78, 5) is 0.348. The van der Waals surface area contributed by atoms with Crippen LogP contribution in [0.1, 0.15) is 10.4 Å². The molecule has 0 saturated carbocycles. The molecule has 1 aromatic heterocycles. The fraction of sp³-hybridized carbons (Fsp3) is 0.167. The van der Waals surface area contributed by atoms with E-state index in [1.165, 1.54) is 12.1 Å². The zero-order valence-electron chi connectivity index (χ0n) is 10.4. The van der Waals surface area contributed by atoms with Crippen LogP contribution in [0, 0.1) is 12.7 Å². The van der Waals surface area contributed by atoms with E-state index in [0.717, 1.165) is 17.4 Å². The number of nitrogens with one attached hydrogen (secondary N) is 1. The minimum Gasteiger partial charge on any atom is -0.391 e. The van der Waals surface area contributed by atoms with Gasteiger partial charge in [0.15, 0.2) is 0 Å². The third-order valence-corrected chi connectivity index (χ3v) is 5.74. The van der Waals surface area contributed by atoms with Gasteiger partial charge in [0.05, 0.1) is 21.6 Å². The smallest absolute Gasteiger partial charge is 0.263 e. The predicted molar refractivity (Wildman–Crippen MR) is 79.9 cm³/mol. The van der Waals surface area contributed by atoms with Crippen LogP contribution in [0.4, 0.5) is 10.1 Å². The van der Waals surface area contributed by atoms with E-state index < -0.39 is 15.8 Å². The lowest BCUT2D eigenvalue weighted by molar-refractivity contribution is 0.282. The number of hydrogen-bond acceptors (Lipinski definition) is 4. The van der Waals surface area contributed by atoms with Gasteiger partial charge in [-0.2, -0.15) is 0 Å². The van der Waals surface area contributed by atoms with Gasteiger partial charge in [0, 0.05) is 0 Å². The molecule has 1 aromatic carbocycles. The van der Waals surface area contributed by atoms with Crippen molar-refractivity contribution in [3.63, 3.8) is 0 Å². The van der Waals surface area contributed by atoms with Crippen molar-refractivity contribution in [1.29, 1.82) is 0 Å². The number of aliphatic hydroxyl groups is 1. The van der Waals surface area contributed by atoms with Gasteiger partial charge >= 0.3 is 0 Å². The van der Waals surface area contributed by atoms with Crippen molar-refractivity contribution in [2.45, 2.75) is 18.4 Å². The highest BCUT2D eigenvalue weighted by molar-refractivity contribution is 9.10. The second kappa shape index (κ2) is 5.80. The summed E-state index contributed by atoms with van der Waals surface area (Å²) >= 11 is 4.18. The first kappa shape index (κ1) is 15.4. The lowest BCUT2D eigenvalue weighted by atomic mass is 10.2. The van der Waals surface area contributed by atoms with Gasteiger partial charge in [-0.15, -0.1) is 11.3 Å². The van der Waals surface area contributed by atoms with Crippen LogP contribution < -0.4 is 4.72 Å². The molecule has 20 heavy (non-hydrogen) atoms. The zero-order valence-corrected chi connectivity index (χ0v) is 13.6. The Hall–Kier alpha value is -0.960. The number of aryl methyl sites for hydroxylation is 1. The van der Waals surface area contributed by atoms with Crippen molar-refractivity contribution in [2.75, 3.05) is 4.72 Å². The molecule has 2 N–H and O–H groups in total. The van der Waals surface area contributed by atoms with Crippen molar-refractivity contribution < 1.29 is 17.9 Å². The van der Waals surface area contributed by atoms with Crippen molar-refractivity contribution in [1.82, 2.24) is 0 Å². The quantitative estimate of drug-likeness (QED) is 0.856. The van der Waals surface area contributed by atoms with Gasteiger partial charge in [-0.3, -0.25) is 4.72 Å². The molecular weight excluding hydrogens is 369 g/mol. The van der Waals surface area contributed by atoms with Gasteiger partial charge in [0.25, 0.3) is 10.0 Å². The molecule has 0 aliphatic heterocycles. The Balaban J connectivity index is 2.41. The molecule has 0 bridgehead atoms. The van der Waals surface area contributed by atoms with Gasteiger partial charge in [0.2, 0.25) is 0 Å². The Kier molecular flexibility index (Phi) is 4.48. The number of benzene rings is 1. The molecule has 0 aliphatic rings. The average Bonchev–Trinajstić information content (AvgIpc) is 2.84. The van der Waals surface area contributed by atoms with Gasteiger partial charge in [-0.05, 0) is 52.0 Å². The predicted octanol–water partition coefficient (Wildman–Crippen LogP) is 3.25. The van der Waals surface area contributed by atoms with E-state index in [9.17, 15) is 12.8 Å². The number of anilines is 1. The highest BCUT2D eigenvalue weighted by Gasteiger charge is 2.20. The average molecular weight is 380 g/mol. The molecule has 0 atom stereocenters. The number of sulfonamides is 1. The molecule has 0 spiro atoms. The molecule has 108 valence electrons. The lowest BCUT2D eigenvalue weighted by Crippen LogP contribution is -2.14. The summed E-state index contributed by atoms with van der Waals surface area (Å²) in [6.07, 6.45) is 0. The molecule has 0 amide bonds. The van der Waals surface area contributed by atoms with Crippen molar-refractivity contribution in [3.05, 3.63) is 44.3 Å². The number of aliphatic hydroxyl groups excluding tert-OH is 1. The first-order chi connectivity index (χ1) is 9.35. The van der Waals surface area contributed by atoms with E-state index in [1.807, 2.05) is 0 Å². The van der Waals surface area contributed by atoms with E-state index in [-0.39, 0.29) is 21.7 Å². The second-order valence-electron chi connectivity index (χ2n) is 4.05. The monoisotopic (exact) mass is 379 g/mol. The number of hydrogen-bond donors (Lipinski definition) is 2. The van der Waals surface area contributed by atoms with Crippen LogP contribution in [0.5, 0.6) is 0 Å². The standard InChI is InChI=1S/C12H11BrFNO3S2/c1-7-4-8(13)9(14)5-10(7)15-20(17,18)12-2-3-19-11(12)6-16/h2-5,15-16H,6H2,1H3. The maximum Gasteiger partial charge on any atom is 0.263 e. The maximum absolute atomic E-state index is 13.5. The number of thiophene rings is 1. The van der Waals surface area contributed by atoms with Gasteiger partial charge < -0.3 is 5.11 Å². The van der Waals surface area contributed by atoms with Crippen LogP contribution in [0.3, 0.4) is 0 Å². The Bertz CT molecular complexity index is 743. The highest BCUT2D eigenvalue weighted by atomic mass is 79.9. The lowest BCUT2D eigenvalue weighted by Gasteiger charge is -2.11. The first-order valence-electron chi connectivity index (χ1n) is 5.51. The number of halogens is 2. The highest BCUT2D eigenvalue weighted by Crippen LogP contribution is 2.28. The summed E-state index contributed by atoms with van der Waals surface area (Å²) in [7, 11) is -3.85. The molecule has 2 aromatic rings. The summed E-state index contributed by atoms with van der Waals surface area (Å²) in [5, 5.41) is 10.7. The van der Waals surface area contributed by atoms with Gasteiger partial charge in [-0.25, -0.2) is 12.8 Å². The topological polar surface area (TPSA) is 66.4 Å². The van der Waals surface area contributed by atoms with Crippen molar-refractivity contribution in [2.24, 2.45) is 0 Å². The Morgan fingerprint density at radius 2 is 2.15 bits per heavy atom. The maximum atomic E-state index is 13.5. The molecular formula is C12H11BrFNO3S2. The summed E-state index contributed by atoms with van der Waals surface area (Å²) in [6, 6.07) is 4.01. The molecule has 0 radical (unpaired) electrons. The Morgan fingerprint density at radius 1 is 1.45 bits per heavy atom. The molecule has 0 aliphatic carbocycles. The third-order valence-electron chi connectivity index (χ3n) is 2.65. The fourth-order valence-electron chi connectivity index (χ4n) is 1.64. The van der Waals surface area contributed by atoms with E-state index in [4.69, 9.17) is 5.11 Å². The van der Waals surface area contributed by atoms with E-state index in [0.29, 0.717) is 10.4 Å². The third kappa shape index (κ3) is 3.03. The van der Waals surface area contributed by atoms with Crippen molar-refractivity contribution >= 4 is 43.0 Å². The normalized spacial score (nSPS) is 11.6. The number of rotatable bonds is 4. The van der Waals surface area contributed by atoms with Crippen LogP contribution in [0.25, 0.3) is 0 Å². The fourth-order valence-corrected chi connectivity index (χ4v) is 4.51. The first-order valence-corrected chi connectivity index (χ1v) is 8.66. The summed E-state index contributed by atoms with van der Waals surface area (Å²) < 4.78 is 40.6. The molecule has 8 heteroatoms. The van der Waals surface area contributed by atoms with E-state index >= 15 is 0 Å². The Labute approximate surface area is 128 Å². The van der Waals surface area contributed by atoms with Crippen molar-refractivity contribution in [3.8, 4) is 0 Å². The van der Waals surface area contributed by atoms with E-state index in [2.05, 4.69) is 20.7 Å². The SMILES string of the molecule is Cc1cc(Br)c(F)cc1NS(=O)(=O)c1ccsc1CO. The molecule has 0 fully saturated rings. The Morgan fingerprint density at radius 3 is 2.80 bits per heavy atom. The van der Waals surface area contributed by atoms with Gasteiger partial charge in [0.1, 0.15) is 10.7 Å². The summed E-state index contributed by atoms with van der Waals surface area (Å²) in [5.41, 5.74) is 0.753. The minimum absolute atomic E-state index is 0.00715. The molecule has 0 unspecified atom stereocenters. The largest absolute Gasteiger partial charge is 0.391 e. The van der Waals surface area contributed by atoms with Crippen LogP contribution in [0.15, 0.2) is 32.9 Å². The second-order valence-corrected chi connectivity index (χ2v) is 7.56. The molecule has 0 saturated heterocycles.